The Hall–Kier alpha value is -3.03. The van der Waals surface area contributed by atoms with Gasteiger partial charge in [0, 0.05) is 18.0 Å². The van der Waals surface area contributed by atoms with Gasteiger partial charge < -0.3 is 10.5 Å². The molecule has 0 spiro atoms. The molecule has 2 aromatic rings. The quantitative estimate of drug-likeness (QED) is 0.798. The third-order valence-electron chi connectivity index (χ3n) is 4.15. The zero-order chi connectivity index (χ0) is 17.2. The number of nitrogens with zero attached hydrogens (tertiary/aromatic N) is 2. The third-order valence-corrected chi connectivity index (χ3v) is 4.15. The minimum absolute atomic E-state index is 0.218. The van der Waals surface area contributed by atoms with Gasteiger partial charge in [-0.2, -0.15) is 5.10 Å². The highest BCUT2D eigenvalue weighted by molar-refractivity contribution is 5.94. The largest absolute Gasteiger partial charge is 0.445 e. The van der Waals surface area contributed by atoms with Crippen LogP contribution >= 0.6 is 0 Å². The second-order valence-corrected chi connectivity index (χ2v) is 5.69. The molecule has 8 heteroatoms. The molecule has 124 valence electrons. The van der Waals surface area contributed by atoms with Gasteiger partial charge in [-0.05, 0) is 43.9 Å². The minimum Gasteiger partial charge on any atom is -0.445 e. The van der Waals surface area contributed by atoms with E-state index in [1.807, 2.05) is 0 Å². The molecule has 0 aliphatic heterocycles. The van der Waals surface area contributed by atoms with E-state index in [4.69, 9.17) is 10.5 Å². The van der Waals surface area contributed by atoms with Crippen molar-refractivity contribution in [3.63, 3.8) is 0 Å². The lowest BCUT2D eigenvalue weighted by molar-refractivity contribution is -0.136. The first-order chi connectivity index (χ1) is 11.5. The molecule has 2 aromatic heterocycles. The number of H-pyrrole nitrogens is 1. The fraction of sp³-hybridized carbons (Fsp3) is 0.312. The number of ether oxygens (including phenoxy) is 1. The van der Waals surface area contributed by atoms with Gasteiger partial charge in [-0.15, -0.1) is 0 Å². The molecular weight excluding hydrogens is 312 g/mol. The Kier molecular flexibility index (Phi) is 4.11. The Bertz CT molecular complexity index is 825. The number of esters is 1. The normalized spacial score (nSPS) is 15.8. The van der Waals surface area contributed by atoms with Crippen molar-refractivity contribution < 1.29 is 14.3 Å². The molecule has 0 bridgehead atoms. The molecule has 0 aromatic carbocycles. The molecule has 2 heterocycles. The number of rotatable bonds is 4. The molecule has 1 amide bonds. The average Bonchev–Trinajstić information content (AvgIpc) is 3.06. The molecule has 1 fully saturated rings. The summed E-state index contributed by atoms with van der Waals surface area (Å²) in [6, 6.07) is 4.72. The lowest BCUT2D eigenvalue weighted by atomic mass is 10.0. The number of carbonyl (C=O) groups is 2. The predicted molar refractivity (Wildman–Crippen MR) is 83.9 cm³/mol. The first-order valence-electron chi connectivity index (χ1n) is 7.55. The Balaban J connectivity index is 1.92. The molecule has 3 rings (SSSR count). The summed E-state index contributed by atoms with van der Waals surface area (Å²) in [4.78, 5) is 40.0. The van der Waals surface area contributed by atoms with E-state index in [1.165, 1.54) is 6.07 Å². The van der Waals surface area contributed by atoms with Crippen LogP contribution in [0.1, 0.15) is 36.0 Å². The summed E-state index contributed by atoms with van der Waals surface area (Å²) in [7, 11) is 0. The van der Waals surface area contributed by atoms with E-state index < -0.39 is 23.0 Å². The maximum absolute atomic E-state index is 12.4. The van der Waals surface area contributed by atoms with Crippen molar-refractivity contribution in [1.29, 1.82) is 0 Å². The van der Waals surface area contributed by atoms with Crippen molar-refractivity contribution in [2.75, 3.05) is 0 Å². The van der Waals surface area contributed by atoms with E-state index in [2.05, 4.69) is 15.2 Å². The fourth-order valence-corrected chi connectivity index (χ4v) is 2.81. The van der Waals surface area contributed by atoms with Crippen molar-refractivity contribution in [3.8, 4) is 11.3 Å². The molecule has 3 N–H and O–H groups in total. The zero-order valence-electron chi connectivity index (χ0n) is 12.8. The summed E-state index contributed by atoms with van der Waals surface area (Å²) in [5.41, 5.74) is 4.24. The van der Waals surface area contributed by atoms with Gasteiger partial charge in [0.25, 0.3) is 11.5 Å². The zero-order valence-corrected chi connectivity index (χ0v) is 12.8. The van der Waals surface area contributed by atoms with Gasteiger partial charge in [0.05, 0.1) is 5.69 Å². The van der Waals surface area contributed by atoms with Crippen molar-refractivity contribution in [1.82, 2.24) is 15.2 Å². The van der Waals surface area contributed by atoms with Crippen molar-refractivity contribution in [2.24, 2.45) is 5.73 Å². The Morgan fingerprint density at radius 2 is 1.88 bits per heavy atom. The number of hydrogen-bond acceptors (Lipinski definition) is 6. The van der Waals surface area contributed by atoms with Crippen LogP contribution in [0.3, 0.4) is 0 Å². The highest BCUT2D eigenvalue weighted by Crippen LogP contribution is 2.33. The van der Waals surface area contributed by atoms with E-state index in [9.17, 15) is 14.4 Å². The van der Waals surface area contributed by atoms with Crippen LogP contribution in [-0.4, -0.2) is 32.7 Å². The monoisotopic (exact) mass is 328 g/mol. The number of amides is 1. The van der Waals surface area contributed by atoms with Crippen LogP contribution in [0.25, 0.3) is 11.3 Å². The smallest absolute Gasteiger partial charge is 0.344 e. The predicted octanol–water partition coefficient (Wildman–Crippen LogP) is 0.787. The minimum atomic E-state index is -1.33. The molecular formula is C16H16N4O4. The first kappa shape index (κ1) is 15.9. The molecule has 0 saturated heterocycles. The van der Waals surface area contributed by atoms with Crippen LogP contribution in [0.2, 0.25) is 0 Å². The van der Waals surface area contributed by atoms with Crippen LogP contribution in [0.5, 0.6) is 0 Å². The Morgan fingerprint density at radius 1 is 1.21 bits per heavy atom. The molecule has 0 unspecified atom stereocenters. The highest BCUT2D eigenvalue weighted by atomic mass is 16.6. The fourth-order valence-electron chi connectivity index (χ4n) is 2.81. The highest BCUT2D eigenvalue weighted by Gasteiger charge is 2.44. The summed E-state index contributed by atoms with van der Waals surface area (Å²) in [6.07, 6.45) is 5.36. The van der Waals surface area contributed by atoms with Crippen molar-refractivity contribution >= 4 is 11.9 Å². The SMILES string of the molecule is NC(=O)C1(OC(=O)c2cc(-c3ccncc3)n[nH]c2=O)CCCC1. The number of pyridine rings is 1. The summed E-state index contributed by atoms with van der Waals surface area (Å²) in [6.45, 7) is 0. The molecule has 24 heavy (non-hydrogen) atoms. The van der Waals surface area contributed by atoms with Crippen molar-refractivity contribution in [3.05, 3.63) is 46.5 Å². The molecule has 1 aliphatic carbocycles. The maximum Gasteiger partial charge on any atom is 0.344 e. The second-order valence-electron chi connectivity index (χ2n) is 5.69. The molecule has 8 nitrogen and oxygen atoms in total. The third kappa shape index (κ3) is 2.90. The number of nitrogens with two attached hydrogens (primary N) is 1. The van der Waals surface area contributed by atoms with Gasteiger partial charge >= 0.3 is 5.97 Å². The van der Waals surface area contributed by atoms with Crippen LogP contribution < -0.4 is 11.3 Å². The van der Waals surface area contributed by atoms with E-state index in [-0.39, 0.29) is 5.56 Å². The lowest BCUT2D eigenvalue weighted by Crippen LogP contribution is -2.46. The van der Waals surface area contributed by atoms with Gasteiger partial charge in [0.1, 0.15) is 5.56 Å². The first-order valence-corrected chi connectivity index (χ1v) is 7.55. The van der Waals surface area contributed by atoms with Crippen LogP contribution in [0, 0.1) is 0 Å². The second kappa shape index (κ2) is 6.23. The number of aromatic amines is 1. The van der Waals surface area contributed by atoms with Gasteiger partial charge in [-0.1, -0.05) is 0 Å². The van der Waals surface area contributed by atoms with Crippen LogP contribution in [-0.2, 0) is 9.53 Å². The number of nitrogens with one attached hydrogen (secondary N) is 1. The van der Waals surface area contributed by atoms with Gasteiger partial charge in [0.2, 0.25) is 0 Å². The van der Waals surface area contributed by atoms with Crippen LogP contribution in [0.15, 0.2) is 35.4 Å². The van der Waals surface area contributed by atoms with Gasteiger partial charge in [-0.25, -0.2) is 9.89 Å². The maximum atomic E-state index is 12.4. The molecule has 1 saturated carbocycles. The molecule has 0 atom stereocenters. The van der Waals surface area contributed by atoms with E-state index in [0.717, 1.165) is 12.8 Å². The summed E-state index contributed by atoms with van der Waals surface area (Å²) in [5.74, 6) is -1.57. The van der Waals surface area contributed by atoms with Gasteiger partial charge in [-0.3, -0.25) is 14.6 Å². The van der Waals surface area contributed by atoms with E-state index in [0.29, 0.717) is 24.1 Å². The number of carbonyl (C=O) groups excluding carboxylic acids is 2. The molecule has 0 radical (unpaired) electrons. The lowest BCUT2D eigenvalue weighted by Gasteiger charge is -2.25. The van der Waals surface area contributed by atoms with Crippen LogP contribution in [0.4, 0.5) is 0 Å². The Morgan fingerprint density at radius 3 is 2.50 bits per heavy atom. The standard InChI is InChI=1S/C16H16N4O4/c17-15(23)16(5-1-2-6-16)24-14(22)11-9-12(19-20-13(11)21)10-3-7-18-8-4-10/h3-4,7-9H,1-2,5-6H2,(H2,17,23)(H,20,21). The van der Waals surface area contributed by atoms with E-state index >= 15 is 0 Å². The Labute approximate surface area is 137 Å². The summed E-state index contributed by atoms with van der Waals surface area (Å²) < 4.78 is 5.34. The van der Waals surface area contributed by atoms with E-state index in [1.54, 1.807) is 24.5 Å². The van der Waals surface area contributed by atoms with Gasteiger partial charge in [0.15, 0.2) is 5.60 Å². The number of aromatic nitrogens is 3. The van der Waals surface area contributed by atoms with Crippen molar-refractivity contribution in [2.45, 2.75) is 31.3 Å². The molecule has 1 aliphatic rings. The number of primary amides is 1. The summed E-state index contributed by atoms with van der Waals surface area (Å²) in [5, 5.41) is 6.18. The topological polar surface area (TPSA) is 128 Å². The number of hydrogen-bond donors (Lipinski definition) is 2. The average molecular weight is 328 g/mol. The summed E-state index contributed by atoms with van der Waals surface area (Å²) >= 11 is 0.